The molecule has 2 fully saturated rings. The maximum absolute atomic E-state index is 14.0. The summed E-state index contributed by atoms with van der Waals surface area (Å²) in [4.78, 5) is 0. The molecule has 2 heterocycles. The maximum atomic E-state index is 14.0. The van der Waals surface area contributed by atoms with E-state index in [9.17, 15) is 92.8 Å². The van der Waals surface area contributed by atoms with Crippen LogP contribution in [0.2, 0.25) is 0 Å². The Morgan fingerprint density at radius 2 is 0.977 bits per heavy atom. The van der Waals surface area contributed by atoms with Crippen LogP contribution in [0.1, 0.15) is 6.42 Å². The predicted molar refractivity (Wildman–Crippen MR) is 108 cm³/mol. The summed E-state index contributed by atoms with van der Waals surface area (Å²) in [6, 6.07) is 0. The molecule has 0 aromatic heterocycles. The molecule has 44 heavy (non-hydrogen) atoms. The number of rotatable bonds is 12. The highest BCUT2D eigenvalue weighted by Gasteiger charge is 2.90. The van der Waals surface area contributed by atoms with E-state index in [4.69, 9.17) is 14.2 Å². The highest BCUT2D eigenvalue weighted by atomic mass is 19.4. The van der Waals surface area contributed by atoms with Gasteiger partial charge in [-0.1, -0.05) is 0 Å². The van der Waals surface area contributed by atoms with Crippen molar-refractivity contribution in [2.45, 2.75) is 104 Å². The van der Waals surface area contributed by atoms with Gasteiger partial charge in [0.1, 0.15) is 48.8 Å². The second-order valence-electron chi connectivity index (χ2n) is 9.63. The second kappa shape index (κ2) is 13.0. The summed E-state index contributed by atoms with van der Waals surface area (Å²) >= 11 is 0. The molecule has 2 aliphatic rings. The molecule has 0 spiro atoms. The number of hydrogen-bond donors (Lipinski definition) is 7. The van der Waals surface area contributed by atoms with Crippen molar-refractivity contribution in [1.29, 1.82) is 0 Å². The Morgan fingerprint density at radius 1 is 0.523 bits per heavy atom. The van der Waals surface area contributed by atoms with E-state index in [1.54, 1.807) is 0 Å². The fourth-order valence-electron chi connectivity index (χ4n) is 3.96. The summed E-state index contributed by atoms with van der Waals surface area (Å²) in [5.74, 6) is -38.1. The molecule has 0 radical (unpaired) electrons. The molecule has 0 aromatic carbocycles. The topological polar surface area (TPSA) is 179 Å². The van der Waals surface area contributed by atoms with Crippen molar-refractivity contribution in [3.63, 3.8) is 0 Å². The lowest BCUT2D eigenvalue weighted by atomic mass is 9.93. The fraction of sp³-hybridized carbons (Fsp3) is 1.00. The maximum Gasteiger partial charge on any atom is 0.460 e. The molecule has 4 unspecified atom stereocenters. The van der Waals surface area contributed by atoms with Gasteiger partial charge in [0, 0.05) is 6.42 Å². The van der Waals surface area contributed by atoms with Crippen molar-refractivity contribution in [2.75, 3.05) is 19.8 Å². The monoisotopic (exact) mass is 688 g/mol. The summed E-state index contributed by atoms with van der Waals surface area (Å²) in [5.41, 5.74) is 0. The molecule has 10 atom stereocenters. The Morgan fingerprint density at radius 3 is 1.45 bits per heavy atom. The van der Waals surface area contributed by atoms with E-state index in [1.807, 2.05) is 0 Å². The molecule has 0 aliphatic carbocycles. The molecular formula is C20H25F13O11. The van der Waals surface area contributed by atoms with E-state index in [1.165, 1.54) is 0 Å². The zero-order chi connectivity index (χ0) is 34.4. The van der Waals surface area contributed by atoms with Gasteiger partial charge in [0.2, 0.25) is 0 Å². The van der Waals surface area contributed by atoms with Crippen molar-refractivity contribution in [2.24, 2.45) is 0 Å². The third-order valence-electron chi connectivity index (χ3n) is 6.66. The Hall–Kier alpha value is -1.35. The van der Waals surface area contributed by atoms with Crippen molar-refractivity contribution in [1.82, 2.24) is 0 Å². The van der Waals surface area contributed by atoms with Crippen LogP contribution in [0.25, 0.3) is 0 Å². The third-order valence-corrected chi connectivity index (χ3v) is 6.66. The van der Waals surface area contributed by atoms with Gasteiger partial charge < -0.3 is 54.7 Å². The predicted octanol–water partition coefficient (Wildman–Crippen LogP) is -0.244. The highest BCUT2D eigenvalue weighted by Crippen LogP contribution is 2.60. The van der Waals surface area contributed by atoms with Crippen molar-refractivity contribution in [3.05, 3.63) is 0 Å². The molecule has 2 aliphatic heterocycles. The summed E-state index contributed by atoms with van der Waals surface area (Å²) in [7, 11) is 0. The Labute approximate surface area is 236 Å². The normalized spacial score (nSPS) is 35.2. The lowest BCUT2D eigenvalue weighted by Crippen LogP contribution is -2.70. The van der Waals surface area contributed by atoms with E-state index in [0.717, 1.165) is 0 Å². The van der Waals surface area contributed by atoms with E-state index >= 15 is 0 Å². The van der Waals surface area contributed by atoms with Crippen molar-refractivity contribution in [3.8, 4) is 0 Å². The molecule has 7 N–H and O–H groups in total. The molecule has 24 heteroatoms. The molecule has 0 amide bonds. The number of hydrogen-bond acceptors (Lipinski definition) is 11. The zero-order valence-corrected chi connectivity index (χ0v) is 21.3. The molecule has 262 valence electrons. The van der Waals surface area contributed by atoms with Crippen LogP contribution in [0.4, 0.5) is 57.1 Å². The average molecular weight is 688 g/mol. The third kappa shape index (κ3) is 6.57. The Bertz CT molecular complexity index is 953. The summed E-state index contributed by atoms with van der Waals surface area (Å²) in [5, 5.41) is 68.8. The first-order chi connectivity index (χ1) is 19.7. The van der Waals surface area contributed by atoms with Crippen LogP contribution in [0, 0.1) is 0 Å². The molecule has 0 aromatic rings. The van der Waals surface area contributed by atoms with Gasteiger partial charge in [-0.2, -0.15) is 57.1 Å². The minimum absolute atomic E-state index is 0.950. The van der Waals surface area contributed by atoms with Gasteiger partial charge in [-0.25, -0.2) is 0 Å². The molecule has 0 bridgehead atoms. The van der Waals surface area contributed by atoms with Gasteiger partial charge in [-0.05, 0) is 0 Å². The second-order valence-corrected chi connectivity index (χ2v) is 9.63. The zero-order valence-electron chi connectivity index (χ0n) is 21.3. The molecular weight excluding hydrogens is 663 g/mol. The van der Waals surface area contributed by atoms with Crippen LogP contribution in [0.5, 0.6) is 0 Å². The van der Waals surface area contributed by atoms with Crippen LogP contribution in [-0.2, 0) is 18.9 Å². The minimum atomic E-state index is -8.09. The Balaban J connectivity index is 2.14. The lowest BCUT2D eigenvalue weighted by Gasteiger charge is -2.46. The standard InChI is InChI=1S/C20H25F13O11/c21-15(22,16(23,24)17(25,26)18(27,28)19(29,30)20(31,32)33)1-2-41-13-11(40)9(38)12(6(4-35)43-13)44-14-10(39)8(37)7(36)5(3-34)42-14/h5-14,34-40H,1-4H2/t5?,6?,7-,8+,9-,10?,11?,12-,13-,14-/m1/s1. The quantitative estimate of drug-likeness (QED) is 0.135. The number of alkyl halides is 13. The largest absolute Gasteiger partial charge is 0.460 e. The van der Waals surface area contributed by atoms with Crippen LogP contribution >= 0.6 is 0 Å². The summed E-state index contributed by atoms with van der Waals surface area (Å²) in [6.45, 7) is -4.19. The molecule has 0 saturated carbocycles. The fourth-order valence-corrected chi connectivity index (χ4v) is 3.96. The highest BCUT2D eigenvalue weighted by molar-refractivity contribution is 5.10. The van der Waals surface area contributed by atoms with Crippen LogP contribution in [0.15, 0.2) is 0 Å². The smallest absolute Gasteiger partial charge is 0.394 e. The number of halogens is 13. The van der Waals surface area contributed by atoms with Crippen LogP contribution in [0.3, 0.4) is 0 Å². The number of aliphatic hydroxyl groups is 7. The first kappa shape index (κ1) is 38.8. The van der Waals surface area contributed by atoms with Crippen LogP contribution < -0.4 is 0 Å². The molecule has 2 rings (SSSR count). The van der Waals surface area contributed by atoms with Gasteiger partial charge in [0.25, 0.3) is 0 Å². The summed E-state index contributed by atoms with van der Waals surface area (Å²) in [6.07, 6.45) is -31.1. The van der Waals surface area contributed by atoms with Gasteiger partial charge in [0.15, 0.2) is 12.6 Å². The van der Waals surface area contributed by atoms with Gasteiger partial charge in [-0.3, -0.25) is 0 Å². The van der Waals surface area contributed by atoms with Crippen molar-refractivity contribution >= 4 is 0 Å². The van der Waals surface area contributed by atoms with Crippen molar-refractivity contribution < 1.29 is 112 Å². The van der Waals surface area contributed by atoms with Gasteiger partial charge in [0.05, 0.1) is 19.8 Å². The number of ether oxygens (including phenoxy) is 4. The summed E-state index contributed by atoms with van der Waals surface area (Å²) < 4.78 is 191. The van der Waals surface area contributed by atoms with Gasteiger partial charge >= 0.3 is 35.8 Å². The molecule has 11 nitrogen and oxygen atoms in total. The first-order valence-electron chi connectivity index (χ1n) is 11.9. The molecule has 2 saturated heterocycles. The van der Waals surface area contributed by atoms with E-state index in [-0.39, 0.29) is 0 Å². The van der Waals surface area contributed by atoms with Gasteiger partial charge in [-0.15, -0.1) is 0 Å². The van der Waals surface area contributed by atoms with E-state index < -0.39 is 123 Å². The first-order valence-corrected chi connectivity index (χ1v) is 11.9. The van der Waals surface area contributed by atoms with E-state index in [0.29, 0.717) is 0 Å². The minimum Gasteiger partial charge on any atom is -0.394 e. The lowest BCUT2D eigenvalue weighted by molar-refractivity contribution is -0.440. The van der Waals surface area contributed by atoms with E-state index in [2.05, 4.69) is 4.74 Å². The van der Waals surface area contributed by atoms with Crippen LogP contribution in [-0.4, -0.2) is 153 Å². The average Bonchev–Trinajstić information content (AvgIpc) is 2.91. The number of aliphatic hydroxyl groups excluding tert-OH is 7. The Kier molecular flexibility index (Phi) is 11.5. The SMILES string of the molecule is OCC1O[C@H](O[C@@H]2C(CO)O[C@@H](OCCC(F)(F)C(F)(F)C(F)(F)C(F)(F)C(F)(F)C(F)(F)F)C(O)[C@H]2O)C(O)[C@@H](O)[C@@H]1O.